The van der Waals surface area contributed by atoms with Crippen LogP contribution in [-0.4, -0.2) is 56.6 Å². The summed E-state index contributed by atoms with van der Waals surface area (Å²) in [7, 11) is -3.52. The number of rotatable bonds is 8. The van der Waals surface area contributed by atoms with Crippen LogP contribution in [0.1, 0.15) is 38.0 Å². The van der Waals surface area contributed by atoms with Crippen LogP contribution < -0.4 is 4.31 Å². The molecule has 6 rings (SSSR count). The largest absolute Gasteiger partial charge is 0.335 e. The highest BCUT2D eigenvalue weighted by atomic mass is 32.2. The molecule has 1 aromatic heterocycles. The van der Waals surface area contributed by atoms with Crippen molar-refractivity contribution in [3.63, 3.8) is 0 Å². The maximum Gasteiger partial charge on any atom is 0.264 e. The number of hydrogen-bond donors (Lipinski definition) is 0. The number of aryl methyl sites for hydroxylation is 1. The van der Waals surface area contributed by atoms with Crippen LogP contribution in [-0.2, 0) is 16.6 Å². The molecule has 220 valence electrons. The highest BCUT2D eigenvalue weighted by molar-refractivity contribution is 7.92. The van der Waals surface area contributed by atoms with Crippen molar-refractivity contribution in [2.75, 3.05) is 36.7 Å². The standard InChI is InChI=1S/C35H35N3O3S2/c1-26-13-15-27(16-14-26)25-38(43(2,40)41)31-17-18-32-30(23-31)24-33(42-32)35(39)37-21-19-36(20-22-37)34(28-9-5-3-6-10-28)29-11-7-4-8-12-29/h3-18,23-24,34H,19-22,25H2,1-2H3. The smallest absolute Gasteiger partial charge is 0.264 e. The number of sulfonamides is 1. The Morgan fingerprint density at radius 1 is 0.814 bits per heavy atom. The van der Waals surface area contributed by atoms with E-state index in [1.807, 2.05) is 72.5 Å². The fourth-order valence-corrected chi connectivity index (χ4v) is 7.67. The molecule has 43 heavy (non-hydrogen) atoms. The molecule has 0 bridgehead atoms. The summed E-state index contributed by atoms with van der Waals surface area (Å²) in [5, 5.41) is 0.871. The first-order chi connectivity index (χ1) is 20.8. The molecule has 0 saturated carbocycles. The number of hydrogen-bond acceptors (Lipinski definition) is 5. The third kappa shape index (κ3) is 6.51. The number of benzene rings is 4. The van der Waals surface area contributed by atoms with E-state index < -0.39 is 10.0 Å². The van der Waals surface area contributed by atoms with Gasteiger partial charge in [-0.25, -0.2) is 8.42 Å². The average Bonchev–Trinajstić information content (AvgIpc) is 3.45. The van der Waals surface area contributed by atoms with Crippen LogP contribution in [0.3, 0.4) is 0 Å². The van der Waals surface area contributed by atoms with E-state index in [9.17, 15) is 13.2 Å². The third-order valence-corrected chi connectivity index (χ3v) is 10.3. The van der Waals surface area contributed by atoms with Crippen LogP contribution >= 0.6 is 11.3 Å². The maximum atomic E-state index is 13.6. The lowest BCUT2D eigenvalue weighted by molar-refractivity contribution is 0.0602. The molecule has 1 aliphatic rings. The molecule has 1 aliphatic heterocycles. The Morgan fingerprint density at radius 2 is 1.42 bits per heavy atom. The molecular formula is C35H35N3O3S2. The zero-order valence-electron chi connectivity index (χ0n) is 24.4. The van der Waals surface area contributed by atoms with Gasteiger partial charge in [0, 0.05) is 30.9 Å². The van der Waals surface area contributed by atoms with E-state index in [0.717, 1.165) is 34.3 Å². The molecule has 0 unspecified atom stereocenters. The number of fused-ring (bicyclic) bond motifs is 1. The molecule has 1 amide bonds. The lowest BCUT2D eigenvalue weighted by Crippen LogP contribution is -2.49. The fraction of sp³-hybridized carbons (Fsp3) is 0.229. The van der Waals surface area contributed by atoms with Gasteiger partial charge in [0.15, 0.2) is 0 Å². The Bertz CT molecular complexity index is 1770. The van der Waals surface area contributed by atoms with Crippen LogP contribution in [0.4, 0.5) is 5.69 Å². The maximum absolute atomic E-state index is 13.6. The fourth-order valence-electron chi connectivity index (χ4n) is 5.77. The first-order valence-corrected chi connectivity index (χ1v) is 17.1. The van der Waals surface area contributed by atoms with Gasteiger partial charge in [0.1, 0.15) is 0 Å². The van der Waals surface area contributed by atoms with Crippen molar-refractivity contribution >= 4 is 43.0 Å². The van der Waals surface area contributed by atoms with Crippen LogP contribution in [0.5, 0.6) is 0 Å². The summed E-state index contributed by atoms with van der Waals surface area (Å²) in [6.07, 6.45) is 1.23. The molecule has 1 fully saturated rings. The second kappa shape index (κ2) is 12.3. The number of nitrogens with zero attached hydrogens (tertiary/aromatic N) is 3. The SMILES string of the molecule is Cc1ccc(CN(c2ccc3sc(C(=O)N4CCN(C(c5ccccc5)c5ccccc5)CC4)cc3c2)S(C)(=O)=O)cc1. The van der Waals surface area contributed by atoms with Gasteiger partial charge in [-0.1, -0.05) is 90.5 Å². The summed E-state index contributed by atoms with van der Waals surface area (Å²) < 4.78 is 27.9. The van der Waals surface area contributed by atoms with E-state index in [0.29, 0.717) is 23.7 Å². The summed E-state index contributed by atoms with van der Waals surface area (Å²) in [5.41, 5.74) is 5.13. The molecule has 5 aromatic rings. The lowest BCUT2D eigenvalue weighted by atomic mass is 9.96. The minimum absolute atomic E-state index is 0.0259. The van der Waals surface area contributed by atoms with E-state index >= 15 is 0 Å². The Kier molecular flexibility index (Phi) is 8.34. The highest BCUT2D eigenvalue weighted by Crippen LogP contribution is 2.33. The average molecular weight is 610 g/mol. The minimum Gasteiger partial charge on any atom is -0.335 e. The van der Waals surface area contributed by atoms with Crippen molar-refractivity contribution in [1.29, 1.82) is 0 Å². The molecule has 0 atom stereocenters. The number of amides is 1. The van der Waals surface area contributed by atoms with Gasteiger partial charge in [-0.05, 0) is 53.3 Å². The van der Waals surface area contributed by atoms with E-state index in [-0.39, 0.29) is 18.5 Å². The second-order valence-electron chi connectivity index (χ2n) is 11.1. The van der Waals surface area contributed by atoms with E-state index in [1.165, 1.54) is 33.0 Å². The number of thiophene rings is 1. The molecular weight excluding hydrogens is 575 g/mol. The third-order valence-electron chi connectivity index (χ3n) is 8.04. The quantitative estimate of drug-likeness (QED) is 0.196. The van der Waals surface area contributed by atoms with Crippen molar-refractivity contribution in [3.8, 4) is 0 Å². The number of carbonyl (C=O) groups is 1. The molecule has 0 radical (unpaired) electrons. The Hall–Kier alpha value is -3.98. The highest BCUT2D eigenvalue weighted by Gasteiger charge is 2.29. The molecule has 4 aromatic carbocycles. The van der Waals surface area contributed by atoms with Crippen LogP contribution in [0, 0.1) is 6.92 Å². The van der Waals surface area contributed by atoms with Gasteiger partial charge >= 0.3 is 0 Å². The minimum atomic E-state index is -3.52. The summed E-state index contributed by atoms with van der Waals surface area (Å²) in [5.74, 6) is 0.0259. The lowest BCUT2D eigenvalue weighted by Gasteiger charge is -2.39. The van der Waals surface area contributed by atoms with Crippen molar-refractivity contribution in [2.24, 2.45) is 0 Å². The Morgan fingerprint density at radius 3 is 2.00 bits per heavy atom. The summed E-state index contributed by atoms with van der Waals surface area (Å²) >= 11 is 1.46. The molecule has 2 heterocycles. The van der Waals surface area contributed by atoms with E-state index in [2.05, 4.69) is 53.4 Å². The second-order valence-corrected chi connectivity index (χ2v) is 14.1. The molecule has 1 saturated heterocycles. The summed E-state index contributed by atoms with van der Waals surface area (Å²) in [4.78, 5) is 18.7. The predicted molar refractivity (Wildman–Crippen MR) is 176 cm³/mol. The predicted octanol–water partition coefficient (Wildman–Crippen LogP) is 6.72. The van der Waals surface area contributed by atoms with Crippen LogP contribution in [0.25, 0.3) is 10.1 Å². The van der Waals surface area contributed by atoms with Gasteiger partial charge in [-0.3, -0.25) is 14.0 Å². The zero-order chi connectivity index (χ0) is 30.0. The van der Waals surface area contributed by atoms with Gasteiger partial charge in [0.2, 0.25) is 10.0 Å². The number of piperazine rings is 1. The van der Waals surface area contributed by atoms with Gasteiger partial charge in [-0.2, -0.15) is 0 Å². The summed E-state index contributed by atoms with van der Waals surface area (Å²) in [6, 6.07) is 36.6. The van der Waals surface area contributed by atoms with Gasteiger partial charge < -0.3 is 4.90 Å². The number of carbonyl (C=O) groups excluding carboxylic acids is 1. The molecule has 0 aliphatic carbocycles. The van der Waals surface area contributed by atoms with Crippen LogP contribution in [0.15, 0.2) is 109 Å². The van der Waals surface area contributed by atoms with Crippen LogP contribution in [0.2, 0.25) is 0 Å². The molecule has 0 spiro atoms. The molecule has 0 N–H and O–H groups in total. The van der Waals surface area contributed by atoms with Crippen molar-refractivity contribution < 1.29 is 13.2 Å². The zero-order valence-corrected chi connectivity index (χ0v) is 26.0. The normalized spacial score (nSPS) is 14.3. The Labute approximate surface area is 257 Å². The first-order valence-electron chi connectivity index (χ1n) is 14.5. The monoisotopic (exact) mass is 609 g/mol. The van der Waals surface area contributed by atoms with E-state index in [4.69, 9.17) is 0 Å². The van der Waals surface area contributed by atoms with Crippen molar-refractivity contribution in [1.82, 2.24) is 9.80 Å². The first kappa shape index (κ1) is 29.1. The molecule has 6 nitrogen and oxygen atoms in total. The van der Waals surface area contributed by atoms with Crippen molar-refractivity contribution in [2.45, 2.75) is 19.5 Å². The van der Waals surface area contributed by atoms with Crippen molar-refractivity contribution in [3.05, 3.63) is 136 Å². The summed E-state index contributed by atoms with van der Waals surface area (Å²) in [6.45, 7) is 5.10. The van der Waals surface area contributed by atoms with Gasteiger partial charge in [-0.15, -0.1) is 11.3 Å². The van der Waals surface area contributed by atoms with E-state index in [1.54, 1.807) is 0 Å². The molecule has 8 heteroatoms. The topological polar surface area (TPSA) is 60.9 Å². The van der Waals surface area contributed by atoms with Gasteiger partial charge in [0.25, 0.3) is 5.91 Å². The van der Waals surface area contributed by atoms with Gasteiger partial charge in [0.05, 0.1) is 29.4 Å². The number of anilines is 1. The Balaban J connectivity index is 1.19.